The van der Waals surface area contributed by atoms with Gasteiger partial charge in [0.2, 0.25) is 53.5 Å². The summed E-state index contributed by atoms with van der Waals surface area (Å²) in [6.07, 6.45) is 3.61. The molecule has 128 heavy (non-hydrogen) atoms. The lowest BCUT2D eigenvalue weighted by atomic mass is 10.0. The van der Waals surface area contributed by atoms with Gasteiger partial charge in [-0.05, 0) is 213 Å². The minimum atomic E-state index is 0.463. The van der Waals surface area contributed by atoms with E-state index in [2.05, 4.69) is 156 Å². The average Bonchev–Trinajstić information content (AvgIpc) is 0.775. The molecule has 6 aromatic heterocycles. The zero-order valence-corrected chi connectivity index (χ0v) is 75.3. The molecule has 10 aromatic carbocycles. The summed E-state index contributed by atoms with van der Waals surface area (Å²) >= 11 is 18.8. The molecule has 7 heterocycles. The standard InChI is InChI=1S/C37H38ClN9O2.C30H33ClN8O.C29H31ClN8O/c1-48-28-12-10-26(11-13-28)41-36-43-35(44-37(45-36)47-21-19-46(20-22-47)27-7-4-3-5-8-27)40-18-6-17-39-34-30-15-9-25(38)23-33(30)42-32-16-14-29(49-2)24-31(32)34;1-5-19-7-14-25-24(17-19)27(23-13-8-20(31)18-26(23)35-25)32-15-6-16-33-28-36-29(38-30(37-28)39(2)3)34-21-9-11-22(40-4)12-10-21;1-5-18-6-9-20(10-7-18)33-28-35-27(36-29(37-28)38(2)3)32-15-14-31-26-22-12-8-19(30)16-25(22)34-24-13-11-21(39-4)17-23(24)26/h3-5,7-16,23-24H,6,17-22H2,1-2H3,(H,39,42)(H2,40,41,43,44,45);7-14,17-18H,5-6,15-16H2,1-4H3,(H,32,35)(H2,33,34,36,37,38);6-13,16-17H,5,14-15H2,1-4H3,(H,31,34)(H2,32,33,35,36,37). The third-order valence-corrected chi connectivity index (χ3v) is 22.1. The third kappa shape index (κ3) is 22.5. The molecule has 0 atom stereocenters. The van der Waals surface area contributed by atoms with Gasteiger partial charge in [-0.1, -0.05) is 85.0 Å². The van der Waals surface area contributed by atoms with E-state index in [0.717, 1.165) is 181 Å². The fourth-order valence-corrected chi connectivity index (χ4v) is 15.1. The maximum absolute atomic E-state index is 6.32. The molecule has 1 aliphatic rings. The number of halogens is 3. The summed E-state index contributed by atoms with van der Waals surface area (Å²) in [5, 5.41) is 39.0. The molecule has 0 spiro atoms. The van der Waals surface area contributed by atoms with Crippen LogP contribution in [0.25, 0.3) is 65.4 Å². The maximum Gasteiger partial charge on any atom is 0.233 e. The van der Waals surface area contributed by atoms with Gasteiger partial charge >= 0.3 is 0 Å². The number of benzene rings is 10. The quantitative estimate of drug-likeness (QED) is 0.0136. The number of rotatable bonds is 33. The number of hydrogen-bond donors (Lipinski definition) is 9. The molecule has 0 radical (unpaired) electrons. The second-order valence-electron chi connectivity index (χ2n) is 30.5. The van der Waals surface area contributed by atoms with Crippen molar-refractivity contribution in [2.24, 2.45) is 0 Å². The number of pyridine rings is 3. The van der Waals surface area contributed by atoms with Gasteiger partial charge in [-0.15, -0.1) is 0 Å². The van der Waals surface area contributed by atoms with Crippen molar-refractivity contribution in [2.75, 3.05) is 190 Å². The maximum atomic E-state index is 6.32. The normalized spacial score (nSPS) is 11.8. The van der Waals surface area contributed by atoms with Crippen LogP contribution >= 0.6 is 34.8 Å². The number of aromatic nitrogens is 12. The van der Waals surface area contributed by atoms with Crippen LogP contribution in [0.5, 0.6) is 23.0 Å². The Hall–Kier alpha value is -14.3. The van der Waals surface area contributed by atoms with Crippen molar-refractivity contribution >= 4 is 194 Å². The summed E-state index contributed by atoms with van der Waals surface area (Å²) in [6.45, 7) is 11.6. The molecular weight excluding hydrogens is 1670 g/mol. The van der Waals surface area contributed by atoms with E-state index in [4.69, 9.17) is 83.7 Å². The van der Waals surface area contributed by atoms with Gasteiger partial charge in [0.1, 0.15) is 23.0 Å². The van der Waals surface area contributed by atoms with Crippen LogP contribution in [0.15, 0.2) is 212 Å². The number of anilines is 16. The highest BCUT2D eigenvalue weighted by Gasteiger charge is 2.23. The van der Waals surface area contributed by atoms with Crippen LogP contribution in [0.3, 0.4) is 0 Å². The highest BCUT2D eigenvalue weighted by atomic mass is 35.5. The first kappa shape index (κ1) is 88.6. The molecule has 29 nitrogen and oxygen atoms in total. The number of fused-ring (bicyclic) bond motifs is 6. The number of aryl methyl sites for hydroxylation is 2. The number of nitrogens with one attached hydrogen (secondary N) is 9. The van der Waals surface area contributed by atoms with E-state index in [1.54, 1.807) is 28.4 Å². The SMILES string of the molecule is CCc1ccc(Nc2nc(NCCNc3c4ccc(Cl)cc4nc4ccc(OC)cc34)nc(N(C)C)n2)cc1.CCc1ccc2nc3cc(Cl)ccc3c(NCCCNc3nc(Nc4ccc(OC)cc4)nc(N(C)C)n3)c2c1.COc1ccc(Nc2nc(NCCCNc3c4ccc(Cl)cc4nc4ccc(OC)cc34)nc(N3CCN(c4ccccc4)CC3)n2)cc1. The summed E-state index contributed by atoms with van der Waals surface area (Å²) in [5.74, 6) is 7.80. The lowest BCUT2D eigenvalue weighted by molar-refractivity contribution is 0.415. The minimum absolute atomic E-state index is 0.463. The molecular formula is C96H102Cl3N25O4. The molecule has 1 fully saturated rings. The topological polar surface area (TPSA) is 313 Å². The summed E-state index contributed by atoms with van der Waals surface area (Å²) < 4.78 is 21.5. The summed E-state index contributed by atoms with van der Waals surface area (Å²) in [7, 11) is 14.2. The molecule has 17 rings (SSSR count). The lowest BCUT2D eigenvalue weighted by Gasteiger charge is -2.36. The van der Waals surface area contributed by atoms with Crippen molar-refractivity contribution in [1.29, 1.82) is 0 Å². The molecule has 0 saturated carbocycles. The Bertz CT molecular complexity index is 6510. The summed E-state index contributed by atoms with van der Waals surface area (Å²) in [6, 6.07) is 69.6. The Morgan fingerprint density at radius 3 is 1.08 bits per heavy atom. The van der Waals surface area contributed by atoms with Gasteiger partial charge in [-0.2, -0.15) is 44.9 Å². The first-order valence-corrected chi connectivity index (χ1v) is 43.5. The average molecular weight is 1780 g/mol. The van der Waals surface area contributed by atoms with Crippen LogP contribution in [0.2, 0.25) is 15.1 Å². The van der Waals surface area contributed by atoms with Crippen molar-refractivity contribution < 1.29 is 18.9 Å². The van der Waals surface area contributed by atoms with Crippen LogP contribution in [0, 0.1) is 0 Å². The van der Waals surface area contributed by atoms with E-state index in [1.165, 1.54) is 16.8 Å². The van der Waals surface area contributed by atoms with Crippen LogP contribution in [0.4, 0.5) is 93.3 Å². The highest BCUT2D eigenvalue weighted by molar-refractivity contribution is 6.32. The van der Waals surface area contributed by atoms with Crippen LogP contribution in [-0.4, -0.2) is 182 Å². The van der Waals surface area contributed by atoms with Crippen molar-refractivity contribution in [3.8, 4) is 23.0 Å². The molecule has 0 aliphatic carbocycles. The fourth-order valence-electron chi connectivity index (χ4n) is 14.6. The van der Waals surface area contributed by atoms with Gasteiger partial charge in [-0.3, -0.25) is 0 Å². The third-order valence-electron chi connectivity index (χ3n) is 21.3. The minimum Gasteiger partial charge on any atom is -0.497 e. The van der Waals surface area contributed by atoms with Crippen LogP contribution < -0.4 is 86.4 Å². The zero-order chi connectivity index (χ0) is 89.0. The Morgan fingerprint density at radius 2 is 0.648 bits per heavy atom. The Labute approximate surface area is 758 Å². The molecule has 16 aromatic rings. The molecule has 9 N–H and O–H groups in total. The molecule has 656 valence electrons. The number of piperazine rings is 1. The largest absolute Gasteiger partial charge is 0.497 e. The molecule has 0 amide bonds. The predicted octanol–water partition coefficient (Wildman–Crippen LogP) is 19.9. The van der Waals surface area contributed by atoms with Gasteiger partial charge in [0.25, 0.3) is 0 Å². The van der Waals surface area contributed by atoms with Gasteiger partial charge in [0.15, 0.2) is 0 Å². The van der Waals surface area contributed by atoms with E-state index in [0.29, 0.717) is 101 Å². The highest BCUT2D eigenvalue weighted by Crippen LogP contribution is 2.39. The van der Waals surface area contributed by atoms with Crippen LogP contribution in [0.1, 0.15) is 37.8 Å². The lowest BCUT2D eigenvalue weighted by Crippen LogP contribution is -2.47. The van der Waals surface area contributed by atoms with Crippen molar-refractivity contribution in [2.45, 2.75) is 39.5 Å². The molecule has 1 saturated heterocycles. The fraction of sp³-hybridized carbons (Fsp3) is 0.250. The van der Waals surface area contributed by atoms with E-state index in [1.807, 2.05) is 196 Å². The second-order valence-corrected chi connectivity index (χ2v) is 31.8. The van der Waals surface area contributed by atoms with Gasteiger partial charge in [0.05, 0.1) is 78.6 Å². The van der Waals surface area contributed by atoms with E-state index >= 15 is 0 Å². The Morgan fingerprint density at radius 1 is 0.305 bits per heavy atom. The Kier molecular flexibility index (Phi) is 29.2. The number of para-hydroxylation sites is 1. The first-order valence-electron chi connectivity index (χ1n) is 42.4. The first-order chi connectivity index (χ1) is 62.4. The monoisotopic (exact) mass is 1770 g/mol. The molecule has 32 heteroatoms. The summed E-state index contributed by atoms with van der Waals surface area (Å²) in [4.78, 5) is 64.5. The van der Waals surface area contributed by atoms with Crippen LogP contribution in [-0.2, 0) is 12.8 Å². The van der Waals surface area contributed by atoms with Gasteiger partial charge < -0.3 is 86.4 Å². The van der Waals surface area contributed by atoms with E-state index in [-0.39, 0.29) is 0 Å². The molecule has 1 aliphatic heterocycles. The number of methoxy groups -OCH3 is 4. The van der Waals surface area contributed by atoms with E-state index < -0.39 is 0 Å². The number of nitrogens with zero attached hydrogens (tertiary/aromatic N) is 16. The predicted molar refractivity (Wildman–Crippen MR) is 526 cm³/mol. The summed E-state index contributed by atoms with van der Waals surface area (Å²) in [5.41, 5.74) is 14.7. The van der Waals surface area contributed by atoms with Gasteiger partial charge in [-0.25, -0.2) is 15.0 Å². The second kappa shape index (κ2) is 42.1. The van der Waals surface area contributed by atoms with Crippen molar-refractivity contribution in [3.63, 3.8) is 0 Å². The van der Waals surface area contributed by atoms with Crippen molar-refractivity contribution in [3.05, 3.63) is 239 Å². The number of ether oxygens (including phenoxy) is 4. The smallest absolute Gasteiger partial charge is 0.233 e. The Balaban J connectivity index is 0.000000149. The molecule has 0 bridgehead atoms. The van der Waals surface area contributed by atoms with E-state index in [9.17, 15) is 0 Å². The zero-order valence-electron chi connectivity index (χ0n) is 73.0. The van der Waals surface area contributed by atoms with Crippen molar-refractivity contribution in [1.82, 2.24) is 59.8 Å². The number of hydrogen-bond acceptors (Lipinski definition) is 29. The van der Waals surface area contributed by atoms with Gasteiger partial charge in [0, 0.05) is 164 Å². The molecule has 0 unspecified atom stereocenters.